The Labute approximate surface area is 125 Å². The quantitative estimate of drug-likeness (QED) is 0.781. The van der Waals surface area contributed by atoms with E-state index in [1.165, 1.54) is 24.1 Å². The number of hydrogen-bond donors (Lipinski definition) is 2. The summed E-state index contributed by atoms with van der Waals surface area (Å²) in [4.78, 5) is 11.6. The number of nitrogens with two attached hydrogens (primary N) is 1. The van der Waals surface area contributed by atoms with Gasteiger partial charge in [-0.15, -0.1) is 0 Å². The van der Waals surface area contributed by atoms with Gasteiger partial charge in [0.05, 0.1) is 12.5 Å². The van der Waals surface area contributed by atoms with Crippen molar-refractivity contribution in [2.24, 2.45) is 7.05 Å². The van der Waals surface area contributed by atoms with Crippen LogP contribution in [0.5, 0.6) is 0 Å². The Balaban J connectivity index is 2.42. The molecule has 0 unspecified atom stereocenters. The highest BCUT2D eigenvalue weighted by Gasteiger charge is 2.24. The fourth-order valence-corrected chi connectivity index (χ4v) is 3.65. The highest BCUT2D eigenvalue weighted by Crippen LogP contribution is 2.24. The predicted molar refractivity (Wildman–Crippen MR) is 75.9 cm³/mol. The Morgan fingerprint density at radius 1 is 1.37 bits per heavy atom. The fourth-order valence-electron chi connectivity index (χ4n) is 1.36. The molecule has 0 aromatic carbocycles. The van der Waals surface area contributed by atoms with Crippen molar-refractivity contribution in [3.05, 3.63) is 21.7 Å². The summed E-state index contributed by atoms with van der Waals surface area (Å²) in [6.45, 7) is 0. The maximum atomic E-state index is 12.2. The molecule has 0 fully saturated rings. The SMILES string of the molecule is Cn1cnc(N)c1S(=O)(=O)Nc1ncc(Br)nc1Br. The Morgan fingerprint density at radius 2 is 2.05 bits per heavy atom. The minimum absolute atomic E-state index is 0.0591. The summed E-state index contributed by atoms with van der Waals surface area (Å²) in [6.07, 6.45) is 2.68. The molecule has 2 aromatic rings. The molecule has 0 aliphatic carbocycles. The lowest BCUT2D eigenvalue weighted by molar-refractivity contribution is 0.591. The second-order valence-corrected chi connectivity index (χ2v) is 6.64. The van der Waals surface area contributed by atoms with Gasteiger partial charge >= 0.3 is 0 Å². The second kappa shape index (κ2) is 5.06. The molecule has 19 heavy (non-hydrogen) atoms. The number of halogens is 2. The van der Waals surface area contributed by atoms with Gasteiger partial charge in [0.1, 0.15) is 4.60 Å². The number of hydrogen-bond acceptors (Lipinski definition) is 6. The van der Waals surface area contributed by atoms with Gasteiger partial charge in [-0.3, -0.25) is 4.72 Å². The first-order valence-electron chi connectivity index (χ1n) is 4.79. The van der Waals surface area contributed by atoms with Crippen LogP contribution in [-0.2, 0) is 17.1 Å². The van der Waals surface area contributed by atoms with Crippen LogP contribution in [0.25, 0.3) is 0 Å². The molecular formula is C8H8Br2N6O2S. The van der Waals surface area contributed by atoms with Gasteiger partial charge in [0, 0.05) is 7.05 Å². The first-order chi connectivity index (χ1) is 8.81. The van der Waals surface area contributed by atoms with Crippen LogP contribution in [-0.4, -0.2) is 27.9 Å². The average molecular weight is 412 g/mol. The lowest BCUT2D eigenvalue weighted by atomic mass is 10.7. The third-order valence-corrected chi connectivity index (χ3v) is 4.50. The molecule has 0 bridgehead atoms. The van der Waals surface area contributed by atoms with Crippen LogP contribution in [0.3, 0.4) is 0 Å². The molecule has 0 amide bonds. The van der Waals surface area contributed by atoms with Gasteiger partial charge in [0.25, 0.3) is 10.0 Å². The van der Waals surface area contributed by atoms with Gasteiger partial charge < -0.3 is 10.3 Å². The van der Waals surface area contributed by atoms with Crippen LogP contribution < -0.4 is 10.5 Å². The van der Waals surface area contributed by atoms with Crippen LogP contribution in [0.1, 0.15) is 0 Å². The smallest absolute Gasteiger partial charge is 0.282 e. The molecule has 0 saturated carbocycles. The summed E-state index contributed by atoms with van der Waals surface area (Å²) in [5, 5.41) is -0.135. The number of nitrogens with one attached hydrogen (secondary N) is 1. The highest BCUT2D eigenvalue weighted by molar-refractivity contribution is 9.11. The Bertz CT molecular complexity index is 709. The zero-order valence-electron chi connectivity index (χ0n) is 9.50. The first-order valence-corrected chi connectivity index (χ1v) is 7.86. The molecule has 2 rings (SSSR count). The van der Waals surface area contributed by atoms with Crippen LogP contribution in [0.2, 0.25) is 0 Å². The van der Waals surface area contributed by atoms with Gasteiger partial charge in [-0.2, -0.15) is 8.42 Å². The van der Waals surface area contributed by atoms with E-state index in [9.17, 15) is 8.42 Å². The van der Waals surface area contributed by atoms with E-state index in [2.05, 4.69) is 51.5 Å². The van der Waals surface area contributed by atoms with Gasteiger partial charge in [-0.1, -0.05) is 0 Å². The molecule has 0 aliphatic heterocycles. The third kappa shape index (κ3) is 2.87. The minimum atomic E-state index is -3.89. The van der Waals surface area contributed by atoms with E-state index < -0.39 is 10.0 Å². The van der Waals surface area contributed by atoms with E-state index in [1.807, 2.05) is 0 Å². The number of anilines is 2. The topological polar surface area (TPSA) is 116 Å². The summed E-state index contributed by atoms with van der Waals surface area (Å²) in [5.74, 6) is -0.0278. The van der Waals surface area contributed by atoms with Crippen molar-refractivity contribution in [3.8, 4) is 0 Å². The van der Waals surface area contributed by atoms with E-state index in [0.29, 0.717) is 4.60 Å². The summed E-state index contributed by atoms with van der Waals surface area (Å²) in [5.41, 5.74) is 5.54. The van der Waals surface area contributed by atoms with Crippen molar-refractivity contribution in [1.29, 1.82) is 0 Å². The van der Waals surface area contributed by atoms with Crippen LogP contribution in [0, 0.1) is 0 Å². The molecule has 0 spiro atoms. The molecule has 8 nitrogen and oxygen atoms in total. The zero-order chi connectivity index (χ0) is 14.2. The molecule has 0 atom stereocenters. The highest BCUT2D eigenvalue weighted by atomic mass is 79.9. The number of imidazole rings is 1. The summed E-state index contributed by atoms with van der Waals surface area (Å²) >= 11 is 6.24. The van der Waals surface area contributed by atoms with E-state index in [1.54, 1.807) is 0 Å². The molecule has 3 N–H and O–H groups in total. The third-order valence-electron chi connectivity index (χ3n) is 2.10. The Kier molecular flexibility index (Phi) is 3.78. The predicted octanol–water partition coefficient (Wildman–Crippen LogP) is 1.12. The van der Waals surface area contributed by atoms with Gasteiger partial charge in [0.15, 0.2) is 21.3 Å². The largest absolute Gasteiger partial charge is 0.381 e. The maximum Gasteiger partial charge on any atom is 0.282 e. The minimum Gasteiger partial charge on any atom is -0.381 e. The monoisotopic (exact) mass is 410 g/mol. The molecule has 2 heterocycles. The average Bonchev–Trinajstić information content (AvgIpc) is 2.63. The molecule has 0 radical (unpaired) electrons. The molecule has 2 aromatic heterocycles. The normalized spacial score (nSPS) is 11.5. The van der Waals surface area contributed by atoms with Crippen molar-refractivity contribution in [1.82, 2.24) is 19.5 Å². The van der Waals surface area contributed by atoms with Gasteiger partial charge in [0.2, 0.25) is 0 Å². The number of aromatic nitrogens is 4. The summed E-state index contributed by atoms with van der Waals surface area (Å²) in [7, 11) is -2.36. The number of nitrogens with zero attached hydrogens (tertiary/aromatic N) is 4. The van der Waals surface area contributed by atoms with E-state index >= 15 is 0 Å². The molecule has 11 heteroatoms. The lowest BCUT2D eigenvalue weighted by Crippen LogP contribution is -2.18. The van der Waals surface area contributed by atoms with Crippen molar-refractivity contribution in [2.75, 3.05) is 10.5 Å². The maximum absolute atomic E-state index is 12.2. The van der Waals surface area contributed by atoms with Crippen molar-refractivity contribution < 1.29 is 8.42 Å². The Morgan fingerprint density at radius 3 is 2.58 bits per heavy atom. The summed E-state index contributed by atoms with van der Waals surface area (Å²) < 4.78 is 28.7. The number of sulfonamides is 1. The van der Waals surface area contributed by atoms with Crippen LogP contribution in [0.4, 0.5) is 11.6 Å². The van der Waals surface area contributed by atoms with Crippen molar-refractivity contribution >= 4 is 53.5 Å². The zero-order valence-corrected chi connectivity index (χ0v) is 13.5. The fraction of sp³-hybridized carbons (Fsp3) is 0.125. The standard InChI is InChI=1S/C8H8Br2N6O2S/c1-16-3-13-6(11)8(16)19(17,18)15-7-5(10)14-4(9)2-12-7/h2-3H,11H2,1H3,(H,12,15). The summed E-state index contributed by atoms with van der Waals surface area (Å²) in [6, 6.07) is 0. The van der Waals surface area contributed by atoms with Crippen LogP contribution >= 0.6 is 31.9 Å². The number of rotatable bonds is 3. The Hall–Kier alpha value is -1.20. The van der Waals surface area contributed by atoms with E-state index in [0.717, 1.165) is 0 Å². The second-order valence-electron chi connectivity index (χ2n) is 3.48. The van der Waals surface area contributed by atoms with Gasteiger partial charge in [-0.25, -0.2) is 15.0 Å². The lowest BCUT2D eigenvalue weighted by Gasteiger charge is -2.09. The van der Waals surface area contributed by atoms with E-state index in [4.69, 9.17) is 5.73 Å². The molecule has 0 aliphatic rings. The van der Waals surface area contributed by atoms with Crippen molar-refractivity contribution in [3.63, 3.8) is 0 Å². The van der Waals surface area contributed by atoms with Crippen LogP contribution in [0.15, 0.2) is 26.8 Å². The molecule has 102 valence electrons. The first kappa shape index (κ1) is 14.2. The van der Waals surface area contributed by atoms with Crippen molar-refractivity contribution in [2.45, 2.75) is 5.03 Å². The number of aryl methyl sites for hydroxylation is 1. The molecular weight excluding hydrogens is 404 g/mol. The van der Waals surface area contributed by atoms with E-state index in [-0.39, 0.29) is 21.3 Å². The van der Waals surface area contributed by atoms with Gasteiger partial charge in [-0.05, 0) is 31.9 Å². The number of nitrogen functional groups attached to an aromatic ring is 1. The molecule has 0 saturated heterocycles.